The molecule has 0 amide bonds. The lowest BCUT2D eigenvalue weighted by molar-refractivity contribution is 0.524. The maximum absolute atomic E-state index is 4.26. The Morgan fingerprint density at radius 1 is 0.709 bits per heavy atom. The number of likely N-dealkylation sites (N-methyl/N-ethyl adjacent to an activating group) is 1. The van der Waals surface area contributed by atoms with Crippen molar-refractivity contribution in [2.75, 3.05) is 11.9 Å². The maximum Gasteiger partial charge on any atom is 0.0945 e. The normalized spacial score (nSPS) is 15.6. The van der Waals surface area contributed by atoms with E-state index < -0.39 is 5.54 Å². The highest BCUT2D eigenvalue weighted by molar-refractivity contribution is 6.04. The van der Waals surface area contributed by atoms with Crippen molar-refractivity contribution in [2.45, 2.75) is 31.2 Å². The van der Waals surface area contributed by atoms with Gasteiger partial charge in [0.05, 0.1) is 16.9 Å². The summed E-state index contributed by atoms with van der Waals surface area (Å²) >= 11 is 0. The lowest BCUT2D eigenvalue weighted by atomic mass is 9.76. The fourth-order valence-electron chi connectivity index (χ4n) is 8.15. The van der Waals surface area contributed by atoms with E-state index in [9.17, 15) is 0 Å². The van der Waals surface area contributed by atoms with Crippen molar-refractivity contribution in [2.24, 2.45) is 0 Å². The molecule has 0 bridgehead atoms. The first-order chi connectivity index (χ1) is 27.2. The second-order valence-corrected chi connectivity index (χ2v) is 14.1. The summed E-state index contributed by atoms with van der Waals surface area (Å²) in [6, 6.07) is 47.6. The second-order valence-electron chi connectivity index (χ2n) is 14.1. The van der Waals surface area contributed by atoms with Crippen LogP contribution in [0.4, 0.5) is 17.1 Å². The third-order valence-electron chi connectivity index (χ3n) is 10.8. The lowest BCUT2D eigenvalue weighted by Crippen LogP contribution is -2.42. The van der Waals surface area contributed by atoms with Crippen molar-refractivity contribution in [3.63, 3.8) is 0 Å². The van der Waals surface area contributed by atoms with Gasteiger partial charge >= 0.3 is 0 Å². The highest BCUT2D eigenvalue weighted by Gasteiger charge is 2.35. The molecule has 3 heteroatoms. The van der Waals surface area contributed by atoms with E-state index >= 15 is 0 Å². The van der Waals surface area contributed by atoms with Crippen LogP contribution in [0.2, 0.25) is 0 Å². The average Bonchev–Trinajstić information content (AvgIpc) is 3.40. The van der Waals surface area contributed by atoms with E-state index in [1.165, 1.54) is 33.7 Å². The fraction of sp³-hybridized carbons (Fsp3) is 0.115. The summed E-state index contributed by atoms with van der Waals surface area (Å²) in [6.07, 6.45) is 26.4. The molecule has 270 valence electrons. The topological polar surface area (TPSA) is 27.3 Å². The standard InChI is InChI=1S/C52H47N3/c1-3-41(52(53-2,42-22-7-4-8-23-42)43-24-9-5-10-25-43)26-19-20-39-34-36-45(37-35-39)55-50-32-17-13-21-40(50)38-48(47-30-15-18-33-51(47)55)46-29-14-16-31-49(46)54-44-27-11-6-12-28-44/h3-5,7-11,13-15,17-30,32-38,53-54H,1,6,12,16,31H2,2H3/b20-19?,41-26+. The maximum atomic E-state index is 4.26. The Labute approximate surface area is 326 Å². The van der Waals surface area contributed by atoms with Gasteiger partial charge in [0, 0.05) is 28.2 Å². The highest BCUT2D eigenvalue weighted by atomic mass is 15.1. The van der Waals surface area contributed by atoms with Crippen molar-refractivity contribution in [1.29, 1.82) is 0 Å². The Morgan fingerprint density at radius 2 is 1.38 bits per heavy atom. The Bertz CT molecular complexity index is 2340. The molecule has 3 nitrogen and oxygen atoms in total. The Kier molecular flexibility index (Phi) is 10.6. The van der Waals surface area contributed by atoms with Gasteiger partial charge in [0.25, 0.3) is 0 Å². The number of hydrogen-bond donors (Lipinski definition) is 2. The molecule has 0 atom stereocenters. The molecular formula is C52H47N3. The molecule has 1 heterocycles. The van der Waals surface area contributed by atoms with Gasteiger partial charge in [0.1, 0.15) is 0 Å². The number of rotatable bonds is 11. The summed E-state index contributed by atoms with van der Waals surface area (Å²) in [5.74, 6) is 0. The van der Waals surface area contributed by atoms with E-state index in [1.807, 2.05) is 13.1 Å². The molecule has 8 rings (SSSR count). The first-order valence-electron chi connectivity index (χ1n) is 19.3. The molecular weight excluding hydrogens is 667 g/mol. The summed E-state index contributed by atoms with van der Waals surface area (Å²) < 4.78 is 0. The molecule has 0 spiro atoms. The number of benzene rings is 5. The zero-order chi connectivity index (χ0) is 37.5. The Hall–Kier alpha value is -6.42. The van der Waals surface area contributed by atoms with Gasteiger partial charge < -0.3 is 15.5 Å². The van der Waals surface area contributed by atoms with Gasteiger partial charge in [-0.2, -0.15) is 0 Å². The fourth-order valence-corrected chi connectivity index (χ4v) is 8.15. The first-order valence-corrected chi connectivity index (χ1v) is 19.3. The third-order valence-corrected chi connectivity index (χ3v) is 10.8. The third kappa shape index (κ3) is 7.15. The molecule has 0 saturated heterocycles. The van der Waals surface area contributed by atoms with Gasteiger partial charge in [0.2, 0.25) is 0 Å². The van der Waals surface area contributed by atoms with Crippen LogP contribution in [0.25, 0.3) is 17.7 Å². The van der Waals surface area contributed by atoms with Crippen molar-refractivity contribution in [3.8, 4) is 0 Å². The first kappa shape index (κ1) is 35.6. The van der Waals surface area contributed by atoms with Crippen molar-refractivity contribution >= 4 is 34.8 Å². The quantitative estimate of drug-likeness (QED) is 0.133. The van der Waals surface area contributed by atoms with Crippen LogP contribution in [0.3, 0.4) is 0 Å². The predicted octanol–water partition coefficient (Wildman–Crippen LogP) is 12.7. The molecule has 1 aliphatic heterocycles. The number of nitrogens with zero attached hydrogens (tertiary/aromatic N) is 1. The number of anilines is 3. The lowest BCUT2D eigenvalue weighted by Gasteiger charge is -2.36. The van der Waals surface area contributed by atoms with Gasteiger partial charge in [-0.25, -0.2) is 0 Å². The van der Waals surface area contributed by atoms with Crippen LogP contribution in [-0.4, -0.2) is 7.05 Å². The van der Waals surface area contributed by atoms with Crippen LogP contribution in [-0.2, 0) is 5.54 Å². The largest absolute Gasteiger partial charge is 0.359 e. The van der Waals surface area contributed by atoms with E-state index in [0.717, 1.165) is 65.0 Å². The Morgan fingerprint density at radius 3 is 2.07 bits per heavy atom. The van der Waals surface area contributed by atoms with Crippen LogP contribution < -0.4 is 15.5 Å². The van der Waals surface area contributed by atoms with Gasteiger partial charge in [-0.15, -0.1) is 0 Å². The number of fused-ring (bicyclic) bond motifs is 2. The summed E-state index contributed by atoms with van der Waals surface area (Å²) in [5, 5.41) is 7.47. The summed E-state index contributed by atoms with van der Waals surface area (Å²) in [4.78, 5) is 2.41. The highest BCUT2D eigenvalue weighted by Crippen LogP contribution is 2.47. The average molecular weight is 714 g/mol. The van der Waals surface area contributed by atoms with Crippen LogP contribution in [0.5, 0.6) is 0 Å². The van der Waals surface area contributed by atoms with Crippen LogP contribution in [0.1, 0.15) is 53.5 Å². The molecule has 5 aromatic rings. The zero-order valence-corrected chi connectivity index (χ0v) is 31.5. The molecule has 2 N–H and O–H groups in total. The molecule has 3 aliphatic rings. The van der Waals surface area contributed by atoms with E-state index in [1.54, 1.807) is 0 Å². The van der Waals surface area contributed by atoms with Crippen LogP contribution in [0, 0.1) is 0 Å². The van der Waals surface area contributed by atoms with Gasteiger partial charge in [-0.05, 0) is 103 Å². The molecule has 0 saturated carbocycles. The minimum Gasteiger partial charge on any atom is -0.359 e. The molecule has 0 radical (unpaired) electrons. The molecule has 0 fully saturated rings. The number of nitrogens with one attached hydrogen (secondary N) is 2. The van der Waals surface area contributed by atoms with Crippen molar-refractivity contribution in [3.05, 3.63) is 239 Å². The van der Waals surface area contributed by atoms with Crippen LogP contribution in [0.15, 0.2) is 211 Å². The van der Waals surface area contributed by atoms with E-state index in [0.29, 0.717) is 0 Å². The second kappa shape index (κ2) is 16.3. The number of para-hydroxylation sites is 2. The molecule has 0 unspecified atom stereocenters. The molecule has 0 aromatic heterocycles. The molecule has 2 aliphatic carbocycles. The molecule has 5 aromatic carbocycles. The van der Waals surface area contributed by atoms with Gasteiger partial charge in [-0.1, -0.05) is 164 Å². The van der Waals surface area contributed by atoms with Crippen molar-refractivity contribution < 1.29 is 0 Å². The number of allylic oxidation sites excluding steroid dienone is 10. The smallest absolute Gasteiger partial charge is 0.0945 e. The predicted molar refractivity (Wildman–Crippen MR) is 234 cm³/mol. The SMILES string of the molecule is C=C/C(=C\C=Cc1ccc(N2c3ccccc3C=C(C3=C(NC4=CCCC=C4)CCC=C3)c3ccccc32)cc1)C(NC)(c1ccccc1)c1ccccc1. The number of hydrogen-bond acceptors (Lipinski definition) is 3. The van der Waals surface area contributed by atoms with E-state index in [2.05, 4.69) is 210 Å². The minimum atomic E-state index is -0.552. The summed E-state index contributed by atoms with van der Waals surface area (Å²) in [6.45, 7) is 4.26. The summed E-state index contributed by atoms with van der Waals surface area (Å²) in [5.41, 5.74) is 14.7. The zero-order valence-electron chi connectivity index (χ0n) is 31.5. The van der Waals surface area contributed by atoms with Gasteiger partial charge in [-0.3, -0.25) is 0 Å². The van der Waals surface area contributed by atoms with Gasteiger partial charge in [0.15, 0.2) is 0 Å². The van der Waals surface area contributed by atoms with Crippen LogP contribution >= 0.6 is 0 Å². The minimum absolute atomic E-state index is 0.552. The monoisotopic (exact) mass is 713 g/mol. The van der Waals surface area contributed by atoms with E-state index in [-0.39, 0.29) is 0 Å². The van der Waals surface area contributed by atoms with E-state index in [4.69, 9.17) is 0 Å². The molecule has 55 heavy (non-hydrogen) atoms. The Balaban J connectivity index is 1.14. The van der Waals surface area contributed by atoms with Crippen molar-refractivity contribution in [1.82, 2.24) is 10.6 Å². The summed E-state index contributed by atoms with van der Waals surface area (Å²) in [7, 11) is 2.02.